The number of ketones is 1. The predicted molar refractivity (Wildman–Crippen MR) is 79.9 cm³/mol. The molecule has 0 N–H and O–H groups in total. The van der Waals surface area contributed by atoms with Crippen LogP contribution in [0.2, 0.25) is 0 Å². The zero-order valence-electron chi connectivity index (χ0n) is 13.2. The maximum atomic E-state index is 12.7. The van der Waals surface area contributed by atoms with E-state index in [4.69, 9.17) is 4.74 Å². The summed E-state index contributed by atoms with van der Waals surface area (Å²) >= 11 is 0. The Morgan fingerprint density at radius 1 is 1.10 bits per heavy atom. The van der Waals surface area contributed by atoms with E-state index in [0.29, 0.717) is 12.0 Å². The molecule has 0 radical (unpaired) electrons. The molecule has 3 heteroatoms. The summed E-state index contributed by atoms with van der Waals surface area (Å²) in [5.74, 6) is -1.02. The van der Waals surface area contributed by atoms with E-state index in [0.717, 1.165) is 16.7 Å². The highest BCUT2D eigenvalue weighted by Crippen LogP contribution is 2.24. The molecule has 0 aliphatic rings. The molecule has 1 rings (SSSR count). The van der Waals surface area contributed by atoms with E-state index in [1.165, 1.54) is 7.11 Å². The number of hydrogen-bond acceptors (Lipinski definition) is 3. The van der Waals surface area contributed by atoms with Crippen molar-refractivity contribution < 1.29 is 14.3 Å². The molecule has 110 valence electrons. The number of aryl methyl sites for hydroxylation is 3. The second-order valence-electron chi connectivity index (χ2n) is 5.84. The molecule has 1 atom stereocenters. The van der Waals surface area contributed by atoms with Gasteiger partial charge in [0.2, 0.25) is 0 Å². The summed E-state index contributed by atoms with van der Waals surface area (Å²) in [6.45, 7) is 9.82. The monoisotopic (exact) mass is 276 g/mol. The fraction of sp³-hybridized carbons (Fsp3) is 0.529. The van der Waals surface area contributed by atoms with E-state index in [2.05, 4.69) is 0 Å². The van der Waals surface area contributed by atoms with Gasteiger partial charge in [0.25, 0.3) is 0 Å². The second kappa shape index (κ2) is 6.69. The summed E-state index contributed by atoms with van der Waals surface area (Å²) in [7, 11) is 1.33. The second-order valence-corrected chi connectivity index (χ2v) is 5.84. The van der Waals surface area contributed by atoms with Crippen molar-refractivity contribution >= 4 is 11.8 Å². The molecule has 3 nitrogen and oxygen atoms in total. The molecule has 0 saturated heterocycles. The Balaban J connectivity index is 3.22. The fourth-order valence-electron chi connectivity index (χ4n) is 2.67. The zero-order valence-corrected chi connectivity index (χ0v) is 13.2. The van der Waals surface area contributed by atoms with Crippen LogP contribution in [-0.4, -0.2) is 18.9 Å². The van der Waals surface area contributed by atoms with Gasteiger partial charge in [-0.25, -0.2) is 0 Å². The van der Waals surface area contributed by atoms with Crippen LogP contribution in [0.1, 0.15) is 47.3 Å². The maximum absolute atomic E-state index is 12.7. The molecule has 0 saturated carbocycles. The largest absolute Gasteiger partial charge is 0.468 e. The number of methoxy groups -OCH3 is 1. The molecule has 0 aliphatic carbocycles. The van der Waals surface area contributed by atoms with E-state index in [1.807, 2.05) is 46.8 Å². The van der Waals surface area contributed by atoms with Gasteiger partial charge in [-0.15, -0.1) is 0 Å². The van der Waals surface area contributed by atoms with Crippen LogP contribution in [0.3, 0.4) is 0 Å². The van der Waals surface area contributed by atoms with Crippen LogP contribution in [0.15, 0.2) is 12.1 Å². The lowest BCUT2D eigenvalue weighted by Crippen LogP contribution is -2.28. The van der Waals surface area contributed by atoms with Gasteiger partial charge in [-0.1, -0.05) is 31.5 Å². The number of carbonyl (C=O) groups excluding carboxylic acids is 2. The number of esters is 1. The van der Waals surface area contributed by atoms with E-state index in [-0.39, 0.29) is 11.7 Å². The highest BCUT2D eigenvalue weighted by Gasteiger charge is 2.30. The molecule has 1 aromatic rings. The number of ether oxygens (including phenoxy) is 1. The van der Waals surface area contributed by atoms with Gasteiger partial charge in [0.1, 0.15) is 5.92 Å². The molecule has 1 aromatic carbocycles. The Labute approximate surface area is 121 Å². The summed E-state index contributed by atoms with van der Waals surface area (Å²) < 4.78 is 4.80. The third-order valence-corrected chi connectivity index (χ3v) is 3.43. The van der Waals surface area contributed by atoms with Crippen molar-refractivity contribution in [2.45, 2.75) is 41.0 Å². The van der Waals surface area contributed by atoms with E-state index in [1.54, 1.807) is 0 Å². The van der Waals surface area contributed by atoms with Crippen molar-refractivity contribution in [3.8, 4) is 0 Å². The maximum Gasteiger partial charge on any atom is 0.316 e. The summed E-state index contributed by atoms with van der Waals surface area (Å²) in [5.41, 5.74) is 3.62. The minimum absolute atomic E-state index is 0.124. The molecular weight excluding hydrogens is 252 g/mol. The normalized spacial score (nSPS) is 12.3. The van der Waals surface area contributed by atoms with Crippen molar-refractivity contribution in [2.24, 2.45) is 11.8 Å². The molecule has 0 fully saturated rings. The fourth-order valence-corrected chi connectivity index (χ4v) is 2.67. The van der Waals surface area contributed by atoms with Crippen LogP contribution < -0.4 is 0 Å². The van der Waals surface area contributed by atoms with Crippen molar-refractivity contribution in [2.75, 3.05) is 7.11 Å². The standard InChI is InChI=1S/C17H24O3/c1-10(2)7-14(17(19)20-6)16(18)15-12(4)8-11(3)9-13(15)5/h8-10,14H,7H2,1-6H3. The SMILES string of the molecule is COC(=O)C(CC(C)C)C(=O)c1c(C)cc(C)cc1C. The van der Waals surface area contributed by atoms with Gasteiger partial charge in [0.05, 0.1) is 7.11 Å². The lowest BCUT2D eigenvalue weighted by molar-refractivity contribution is -0.144. The Morgan fingerprint density at radius 3 is 2.00 bits per heavy atom. The Morgan fingerprint density at radius 2 is 1.60 bits per heavy atom. The van der Waals surface area contributed by atoms with Gasteiger partial charge in [-0.05, 0) is 44.2 Å². The summed E-state index contributed by atoms with van der Waals surface area (Å²) in [6.07, 6.45) is 0.512. The predicted octanol–water partition coefficient (Wildman–Crippen LogP) is 3.63. The molecule has 0 heterocycles. The highest BCUT2D eigenvalue weighted by molar-refractivity contribution is 6.10. The summed E-state index contributed by atoms with van der Waals surface area (Å²) in [6, 6.07) is 3.95. The first kappa shape index (κ1) is 16.4. The number of benzene rings is 1. The van der Waals surface area contributed by atoms with E-state index in [9.17, 15) is 9.59 Å². The number of hydrogen-bond donors (Lipinski definition) is 0. The lowest BCUT2D eigenvalue weighted by atomic mass is 9.85. The van der Waals surface area contributed by atoms with Crippen LogP contribution in [0.5, 0.6) is 0 Å². The average Bonchev–Trinajstić information content (AvgIpc) is 2.33. The molecular formula is C17H24O3. The third kappa shape index (κ3) is 3.69. The van der Waals surface area contributed by atoms with Gasteiger partial charge in [-0.3, -0.25) is 9.59 Å². The average molecular weight is 276 g/mol. The minimum atomic E-state index is -0.708. The van der Waals surface area contributed by atoms with Crippen LogP contribution in [0.25, 0.3) is 0 Å². The topological polar surface area (TPSA) is 43.4 Å². The van der Waals surface area contributed by atoms with Crippen LogP contribution in [-0.2, 0) is 9.53 Å². The lowest BCUT2D eigenvalue weighted by Gasteiger charge is -2.18. The van der Waals surface area contributed by atoms with Gasteiger partial charge >= 0.3 is 5.97 Å². The molecule has 0 spiro atoms. The van der Waals surface area contributed by atoms with Crippen molar-refractivity contribution in [1.29, 1.82) is 0 Å². The van der Waals surface area contributed by atoms with Gasteiger partial charge < -0.3 is 4.74 Å². The van der Waals surface area contributed by atoms with Crippen LogP contribution in [0.4, 0.5) is 0 Å². The quantitative estimate of drug-likeness (QED) is 0.468. The number of Topliss-reactive ketones (excluding diaryl/α,β-unsaturated/α-hetero) is 1. The molecule has 0 aromatic heterocycles. The first-order valence-corrected chi connectivity index (χ1v) is 6.97. The number of rotatable bonds is 5. The van der Waals surface area contributed by atoms with Gasteiger partial charge in [0, 0.05) is 5.56 Å². The first-order chi connectivity index (χ1) is 9.27. The van der Waals surface area contributed by atoms with Crippen molar-refractivity contribution in [1.82, 2.24) is 0 Å². The van der Waals surface area contributed by atoms with E-state index < -0.39 is 11.9 Å². The molecule has 0 aliphatic heterocycles. The van der Waals surface area contributed by atoms with Crippen molar-refractivity contribution in [3.05, 3.63) is 34.4 Å². The molecule has 20 heavy (non-hydrogen) atoms. The molecule has 1 unspecified atom stereocenters. The zero-order chi connectivity index (χ0) is 15.4. The first-order valence-electron chi connectivity index (χ1n) is 6.97. The number of carbonyl (C=O) groups is 2. The Bertz CT molecular complexity index is 492. The highest BCUT2D eigenvalue weighted by atomic mass is 16.5. The van der Waals surface area contributed by atoms with Crippen LogP contribution >= 0.6 is 0 Å². The molecule has 0 bridgehead atoms. The van der Waals surface area contributed by atoms with Gasteiger partial charge in [-0.2, -0.15) is 0 Å². The van der Waals surface area contributed by atoms with E-state index >= 15 is 0 Å². The molecule has 0 amide bonds. The smallest absolute Gasteiger partial charge is 0.316 e. The third-order valence-electron chi connectivity index (χ3n) is 3.43. The minimum Gasteiger partial charge on any atom is -0.468 e. The summed E-state index contributed by atoms with van der Waals surface area (Å²) in [5, 5.41) is 0. The Hall–Kier alpha value is -1.64. The van der Waals surface area contributed by atoms with Crippen molar-refractivity contribution in [3.63, 3.8) is 0 Å². The Kier molecular flexibility index (Phi) is 5.49. The summed E-state index contributed by atoms with van der Waals surface area (Å²) in [4.78, 5) is 24.6. The van der Waals surface area contributed by atoms with Gasteiger partial charge in [0.15, 0.2) is 5.78 Å². The van der Waals surface area contributed by atoms with Crippen LogP contribution in [0, 0.1) is 32.6 Å².